The lowest BCUT2D eigenvalue weighted by Gasteiger charge is -2.32. The molecule has 7 nitrogen and oxygen atoms in total. The highest BCUT2D eigenvalue weighted by atomic mass is 16.5. The van der Waals surface area contributed by atoms with E-state index >= 15 is 0 Å². The fraction of sp³-hybridized carbons (Fsp3) is 0.227. The fourth-order valence-electron chi connectivity index (χ4n) is 3.28. The Hall–Kier alpha value is -3.45. The van der Waals surface area contributed by atoms with Crippen molar-refractivity contribution in [1.82, 2.24) is 14.9 Å². The molecule has 148 valence electrons. The van der Waals surface area contributed by atoms with Crippen molar-refractivity contribution in [3.8, 4) is 17.0 Å². The average molecular weight is 390 g/mol. The number of aromatic nitrogens is 2. The van der Waals surface area contributed by atoms with Crippen LogP contribution in [0.4, 0.5) is 5.82 Å². The highest BCUT2D eigenvalue weighted by molar-refractivity contribution is 5.94. The standard InChI is InChI=1S/C22H22N4O3/c1-28-17-8-5-15(6-9-17)18-3-2-4-19(25-18)20-14-26(11-12-29-20)22(27)16-7-10-21(23)24-13-16/h2-10,13,20H,11-12,14H2,1H3,(H2,23,24)/t20-/m1/s1. The second-order valence-electron chi connectivity index (χ2n) is 6.76. The third kappa shape index (κ3) is 4.20. The van der Waals surface area contributed by atoms with Crippen LogP contribution in [0.3, 0.4) is 0 Å². The van der Waals surface area contributed by atoms with Crippen molar-refractivity contribution < 1.29 is 14.3 Å². The molecule has 1 amide bonds. The number of nitrogens with zero attached hydrogens (tertiary/aromatic N) is 3. The number of morpholine rings is 1. The normalized spacial score (nSPS) is 16.4. The smallest absolute Gasteiger partial charge is 0.255 e. The molecule has 4 rings (SSSR count). The summed E-state index contributed by atoms with van der Waals surface area (Å²) in [6, 6.07) is 16.9. The van der Waals surface area contributed by atoms with Gasteiger partial charge in [-0.2, -0.15) is 0 Å². The first-order valence-corrected chi connectivity index (χ1v) is 9.38. The summed E-state index contributed by atoms with van der Waals surface area (Å²) in [7, 11) is 1.64. The van der Waals surface area contributed by atoms with Crippen LogP contribution in [0.5, 0.6) is 5.75 Å². The van der Waals surface area contributed by atoms with Gasteiger partial charge in [0, 0.05) is 18.3 Å². The summed E-state index contributed by atoms with van der Waals surface area (Å²) in [6.45, 7) is 1.41. The number of hydrogen-bond donors (Lipinski definition) is 1. The summed E-state index contributed by atoms with van der Waals surface area (Å²) >= 11 is 0. The minimum atomic E-state index is -0.285. The van der Waals surface area contributed by atoms with Gasteiger partial charge in [-0.25, -0.2) is 9.97 Å². The number of rotatable bonds is 4. The molecule has 0 bridgehead atoms. The molecule has 1 aromatic carbocycles. The average Bonchev–Trinajstić information content (AvgIpc) is 2.79. The summed E-state index contributed by atoms with van der Waals surface area (Å²) in [6.07, 6.45) is 1.22. The van der Waals surface area contributed by atoms with E-state index in [-0.39, 0.29) is 12.0 Å². The van der Waals surface area contributed by atoms with Crippen LogP contribution < -0.4 is 10.5 Å². The molecule has 2 aromatic heterocycles. The summed E-state index contributed by atoms with van der Waals surface area (Å²) < 4.78 is 11.1. The minimum absolute atomic E-state index is 0.0860. The van der Waals surface area contributed by atoms with Gasteiger partial charge in [-0.05, 0) is 48.5 Å². The lowest BCUT2D eigenvalue weighted by atomic mass is 10.1. The monoisotopic (exact) mass is 390 g/mol. The Bertz CT molecular complexity index is 990. The van der Waals surface area contributed by atoms with E-state index in [1.807, 2.05) is 42.5 Å². The molecule has 7 heteroatoms. The van der Waals surface area contributed by atoms with E-state index in [4.69, 9.17) is 20.2 Å². The molecule has 0 unspecified atom stereocenters. The molecule has 1 saturated heterocycles. The SMILES string of the molecule is COc1ccc(-c2cccc([C@H]3CN(C(=O)c4ccc(N)nc4)CCO3)n2)cc1. The van der Waals surface area contributed by atoms with Crippen LogP contribution in [0.2, 0.25) is 0 Å². The molecule has 0 aliphatic carbocycles. The summed E-state index contributed by atoms with van der Waals surface area (Å²) in [5.74, 6) is 1.10. The number of pyridine rings is 2. The highest BCUT2D eigenvalue weighted by Crippen LogP contribution is 2.26. The van der Waals surface area contributed by atoms with Gasteiger partial charge in [0.05, 0.1) is 37.2 Å². The maximum Gasteiger partial charge on any atom is 0.255 e. The second-order valence-corrected chi connectivity index (χ2v) is 6.76. The van der Waals surface area contributed by atoms with Crippen LogP contribution >= 0.6 is 0 Å². The highest BCUT2D eigenvalue weighted by Gasteiger charge is 2.27. The number of nitrogens with two attached hydrogens (primary N) is 1. The van der Waals surface area contributed by atoms with Crippen molar-refractivity contribution >= 4 is 11.7 Å². The number of carbonyl (C=O) groups is 1. The zero-order chi connectivity index (χ0) is 20.2. The molecule has 3 aromatic rings. The Morgan fingerprint density at radius 1 is 1.17 bits per heavy atom. The van der Waals surface area contributed by atoms with Gasteiger partial charge in [0.15, 0.2) is 0 Å². The quantitative estimate of drug-likeness (QED) is 0.737. The molecule has 29 heavy (non-hydrogen) atoms. The van der Waals surface area contributed by atoms with Gasteiger partial charge in [0.25, 0.3) is 5.91 Å². The molecule has 2 N–H and O–H groups in total. The topological polar surface area (TPSA) is 90.6 Å². The van der Waals surface area contributed by atoms with Crippen LogP contribution in [0.1, 0.15) is 22.2 Å². The van der Waals surface area contributed by atoms with Gasteiger partial charge in [-0.3, -0.25) is 4.79 Å². The van der Waals surface area contributed by atoms with Crippen LogP contribution in [-0.2, 0) is 4.74 Å². The first-order chi connectivity index (χ1) is 14.1. The number of nitrogen functional groups attached to an aromatic ring is 1. The van der Waals surface area contributed by atoms with Gasteiger partial charge in [-0.1, -0.05) is 6.07 Å². The van der Waals surface area contributed by atoms with Crippen molar-refractivity contribution in [2.45, 2.75) is 6.10 Å². The van der Waals surface area contributed by atoms with Gasteiger partial charge >= 0.3 is 0 Å². The number of hydrogen-bond acceptors (Lipinski definition) is 6. The molecular formula is C22H22N4O3. The predicted molar refractivity (Wildman–Crippen MR) is 109 cm³/mol. The van der Waals surface area contributed by atoms with E-state index < -0.39 is 0 Å². The maximum absolute atomic E-state index is 12.8. The van der Waals surface area contributed by atoms with Crippen molar-refractivity contribution in [3.05, 3.63) is 72.1 Å². The Labute approximate surface area is 169 Å². The predicted octanol–water partition coefficient (Wildman–Crippen LogP) is 2.95. The van der Waals surface area contributed by atoms with Gasteiger partial charge < -0.3 is 20.1 Å². The molecule has 0 saturated carbocycles. The first-order valence-electron chi connectivity index (χ1n) is 9.38. The number of methoxy groups -OCH3 is 1. The van der Waals surface area contributed by atoms with E-state index in [9.17, 15) is 4.79 Å². The van der Waals surface area contributed by atoms with Crippen LogP contribution in [0.15, 0.2) is 60.8 Å². The Kier molecular flexibility index (Phi) is 5.39. The van der Waals surface area contributed by atoms with Gasteiger partial charge in [-0.15, -0.1) is 0 Å². The molecule has 1 aliphatic heterocycles. The lowest BCUT2D eigenvalue weighted by molar-refractivity contribution is -0.0246. The van der Waals surface area contributed by atoms with Crippen LogP contribution in [0, 0.1) is 0 Å². The molecule has 1 atom stereocenters. The molecular weight excluding hydrogens is 368 g/mol. The largest absolute Gasteiger partial charge is 0.497 e. The van der Waals surface area contributed by atoms with E-state index in [1.54, 1.807) is 24.1 Å². The molecule has 1 fully saturated rings. The second kappa shape index (κ2) is 8.28. The maximum atomic E-state index is 12.8. The number of carbonyl (C=O) groups excluding carboxylic acids is 1. The van der Waals surface area contributed by atoms with Crippen molar-refractivity contribution in [2.75, 3.05) is 32.5 Å². The number of benzene rings is 1. The number of anilines is 1. The number of ether oxygens (including phenoxy) is 2. The van der Waals surface area contributed by atoms with E-state index in [0.29, 0.717) is 31.1 Å². The van der Waals surface area contributed by atoms with Crippen LogP contribution in [-0.4, -0.2) is 47.6 Å². The van der Waals surface area contributed by atoms with E-state index in [2.05, 4.69) is 4.98 Å². The Morgan fingerprint density at radius 3 is 2.72 bits per heavy atom. The summed E-state index contributed by atoms with van der Waals surface area (Å²) in [5.41, 5.74) is 8.76. The van der Waals surface area contributed by atoms with Crippen molar-refractivity contribution in [3.63, 3.8) is 0 Å². The minimum Gasteiger partial charge on any atom is -0.497 e. The summed E-state index contributed by atoms with van der Waals surface area (Å²) in [5, 5.41) is 0. The molecule has 0 spiro atoms. The van der Waals surface area contributed by atoms with Gasteiger partial charge in [0.1, 0.15) is 17.7 Å². The lowest BCUT2D eigenvalue weighted by Crippen LogP contribution is -2.42. The summed E-state index contributed by atoms with van der Waals surface area (Å²) in [4.78, 5) is 23.3. The van der Waals surface area contributed by atoms with Gasteiger partial charge in [0.2, 0.25) is 0 Å². The Balaban J connectivity index is 1.52. The Morgan fingerprint density at radius 2 is 2.00 bits per heavy atom. The third-order valence-corrected chi connectivity index (χ3v) is 4.87. The van der Waals surface area contributed by atoms with E-state index in [0.717, 1.165) is 22.7 Å². The molecule has 0 radical (unpaired) electrons. The van der Waals surface area contributed by atoms with Crippen molar-refractivity contribution in [1.29, 1.82) is 0 Å². The van der Waals surface area contributed by atoms with Crippen LogP contribution in [0.25, 0.3) is 11.3 Å². The van der Waals surface area contributed by atoms with Crippen molar-refractivity contribution in [2.24, 2.45) is 0 Å². The number of amides is 1. The molecule has 3 heterocycles. The zero-order valence-electron chi connectivity index (χ0n) is 16.1. The fourth-order valence-corrected chi connectivity index (χ4v) is 3.28. The third-order valence-electron chi connectivity index (χ3n) is 4.87. The zero-order valence-corrected chi connectivity index (χ0v) is 16.1. The van der Waals surface area contributed by atoms with E-state index in [1.165, 1.54) is 6.20 Å². The first kappa shape index (κ1) is 18.9. The molecule has 1 aliphatic rings.